The number of nitrogens with zero attached hydrogens (tertiary/aromatic N) is 6. The monoisotopic (exact) mass is 450 g/mol. The Labute approximate surface area is 199 Å². The van der Waals surface area contributed by atoms with Crippen molar-refractivity contribution < 1.29 is 4.79 Å². The molecule has 7 nitrogen and oxygen atoms in total. The first-order valence-electron chi connectivity index (χ1n) is 11.4. The molecule has 1 aliphatic rings. The maximum Gasteiger partial charge on any atom is 0.246 e. The molecule has 34 heavy (non-hydrogen) atoms. The van der Waals surface area contributed by atoms with Gasteiger partial charge in [-0.25, -0.2) is 4.68 Å². The summed E-state index contributed by atoms with van der Waals surface area (Å²) in [6.45, 7) is 3.98. The van der Waals surface area contributed by atoms with Crippen molar-refractivity contribution in [2.24, 2.45) is 0 Å². The molecule has 1 aromatic carbocycles. The first kappa shape index (κ1) is 21.7. The van der Waals surface area contributed by atoms with Gasteiger partial charge in [0, 0.05) is 80.9 Å². The van der Waals surface area contributed by atoms with Crippen molar-refractivity contribution in [3.05, 3.63) is 103 Å². The minimum atomic E-state index is 0.0191. The van der Waals surface area contributed by atoms with E-state index in [2.05, 4.69) is 20.9 Å². The van der Waals surface area contributed by atoms with Crippen LogP contribution in [0, 0.1) is 0 Å². The molecule has 1 saturated heterocycles. The molecule has 7 heteroatoms. The Hall–Kier alpha value is -4.10. The number of piperazine rings is 1. The van der Waals surface area contributed by atoms with E-state index in [0.717, 1.165) is 42.1 Å². The fourth-order valence-electron chi connectivity index (χ4n) is 4.09. The van der Waals surface area contributed by atoms with Crippen LogP contribution in [-0.2, 0) is 11.3 Å². The van der Waals surface area contributed by atoms with Crippen LogP contribution in [0.5, 0.6) is 0 Å². The maximum absolute atomic E-state index is 12.9. The lowest BCUT2D eigenvalue weighted by molar-refractivity contribution is -0.127. The van der Waals surface area contributed by atoms with E-state index in [1.54, 1.807) is 24.7 Å². The summed E-state index contributed by atoms with van der Waals surface area (Å²) in [5.41, 5.74) is 4.74. The SMILES string of the molecule is O=C(/C=C/c1cn(-c2ccccc2)nc1-c1cccnc1)N1CCN(Cc2cccnc2)CC1. The smallest absolute Gasteiger partial charge is 0.246 e. The molecular formula is C27H26N6O. The van der Waals surface area contributed by atoms with Crippen LogP contribution >= 0.6 is 0 Å². The van der Waals surface area contributed by atoms with Gasteiger partial charge < -0.3 is 4.90 Å². The molecule has 3 aromatic heterocycles. The van der Waals surface area contributed by atoms with Crippen molar-refractivity contribution in [3.63, 3.8) is 0 Å². The third-order valence-electron chi connectivity index (χ3n) is 5.92. The van der Waals surface area contributed by atoms with Gasteiger partial charge >= 0.3 is 0 Å². The van der Waals surface area contributed by atoms with Crippen LogP contribution in [0.2, 0.25) is 0 Å². The van der Waals surface area contributed by atoms with Crippen molar-refractivity contribution >= 4 is 12.0 Å². The Morgan fingerprint density at radius 3 is 2.35 bits per heavy atom. The first-order chi connectivity index (χ1) is 16.8. The van der Waals surface area contributed by atoms with Crippen LogP contribution in [0.3, 0.4) is 0 Å². The van der Waals surface area contributed by atoms with E-state index in [4.69, 9.17) is 5.10 Å². The highest BCUT2D eigenvalue weighted by Gasteiger charge is 2.20. The summed E-state index contributed by atoms with van der Waals surface area (Å²) in [5.74, 6) is 0.0191. The van der Waals surface area contributed by atoms with Gasteiger partial charge in [-0.05, 0) is 42.0 Å². The van der Waals surface area contributed by atoms with Gasteiger partial charge in [-0.15, -0.1) is 0 Å². The normalized spacial score (nSPS) is 14.5. The molecule has 4 aromatic rings. The van der Waals surface area contributed by atoms with Crippen LogP contribution < -0.4 is 0 Å². The molecule has 4 heterocycles. The maximum atomic E-state index is 12.9. The lowest BCUT2D eigenvalue weighted by Crippen LogP contribution is -2.47. The minimum absolute atomic E-state index is 0.0191. The molecule has 0 aliphatic carbocycles. The summed E-state index contributed by atoms with van der Waals surface area (Å²) in [7, 11) is 0. The number of carbonyl (C=O) groups excluding carboxylic acids is 1. The molecule has 0 radical (unpaired) electrons. The zero-order valence-corrected chi connectivity index (χ0v) is 18.9. The molecule has 0 bridgehead atoms. The second-order valence-corrected chi connectivity index (χ2v) is 8.25. The average Bonchev–Trinajstić information content (AvgIpc) is 3.34. The third-order valence-corrected chi connectivity index (χ3v) is 5.92. The summed E-state index contributed by atoms with van der Waals surface area (Å²) in [5, 5.41) is 4.78. The number of rotatable bonds is 6. The molecule has 0 atom stereocenters. The van der Waals surface area contributed by atoms with E-state index < -0.39 is 0 Å². The van der Waals surface area contributed by atoms with Crippen molar-refractivity contribution in [3.8, 4) is 16.9 Å². The highest BCUT2D eigenvalue weighted by molar-refractivity contribution is 5.93. The van der Waals surface area contributed by atoms with Gasteiger partial charge in [0.2, 0.25) is 5.91 Å². The Bertz CT molecular complexity index is 1250. The summed E-state index contributed by atoms with van der Waals surface area (Å²) in [4.78, 5) is 25.6. The predicted octanol–water partition coefficient (Wildman–Crippen LogP) is 3.69. The number of hydrogen-bond donors (Lipinski definition) is 0. The van der Waals surface area contributed by atoms with E-state index in [9.17, 15) is 4.79 Å². The second kappa shape index (κ2) is 10.2. The Balaban J connectivity index is 1.29. The number of carbonyl (C=O) groups is 1. The van der Waals surface area contributed by atoms with Gasteiger partial charge in [0.25, 0.3) is 0 Å². The van der Waals surface area contributed by atoms with Crippen molar-refractivity contribution in [1.82, 2.24) is 29.5 Å². The molecule has 0 N–H and O–H groups in total. The zero-order valence-electron chi connectivity index (χ0n) is 18.9. The number of hydrogen-bond acceptors (Lipinski definition) is 5. The van der Waals surface area contributed by atoms with Crippen LogP contribution in [0.4, 0.5) is 0 Å². The third kappa shape index (κ3) is 5.10. The van der Waals surface area contributed by atoms with Gasteiger partial charge in [0.1, 0.15) is 5.69 Å². The van der Waals surface area contributed by atoms with E-state index in [0.29, 0.717) is 13.1 Å². The quantitative estimate of drug-likeness (QED) is 0.419. The van der Waals surface area contributed by atoms with Gasteiger partial charge in [0.05, 0.1) is 5.69 Å². The molecule has 0 saturated carbocycles. The minimum Gasteiger partial charge on any atom is -0.337 e. The number of amides is 1. The van der Waals surface area contributed by atoms with Crippen molar-refractivity contribution in [1.29, 1.82) is 0 Å². The molecule has 0 spiro atoms. The van der Waals surface area contributed by atoms with Gasteiger partial charge in [0.15, 0.2) is 0 Å². The second-order valence-electron chi connectivity index (χ2n) is 8.25. The first-order valence-corrected chi connectivity index (χ1v) is 11.4. The van der Waals surface area contributed by atoms with Gasteiger partial charge in [-0.1, -0.05) is 24.3 Å². The van der Waals surface area contributed by atoms with Crippen LogP contribution in [0.15, 0.2) is 91.7 Å². The number of aromatic nitrogens is 4. The number of benzene rings is 1. The van der Waals surface area contributed by atoms with Crippen molar-refractivity contribution in [2.75, 3.05) is 26.2 Å². The molecular weight excluding hydrogens is 424 g/mol. The average molecular weight is 451 g/mol. The highest BCUT2D eigenvalue weighted by Crippen LogP contribution is 2.24. The molecule has 1 aliphatic heterocycles. The van der Waals surface area contributed by atoms with E-state index in [-0.39, 0.29) is 5.91 Å². The van der Waals surface area contributed by atoms with Gasteiger partial charge in [-0.3, -0.25) is 19.7 Å². The van der Waals surface area contributed by atoms with Crippen LogP contribution in [0.25, 0.3) is 23.0 Å². The zero-order chi connectivity index (χ0) is 23.2. The fraction of sp³-hybridized carbons (Fsp3) is 0.185. The number of para-hydroxylation sites is 1. The predicted molar refractivity (Wildman–Crippen MR) is 132 cm³/mol. The Kier molecular flexibility index (Phi) is 6.54. The van der Waals surface area contributed by atoms with E-state index in [1.165, 1.54) is 5.56 Å². The largest absolute Gasteiger partial charge is 0.337 e. The highest BCUT2D eigenvalue weighted by atomic mass is 16.2. The Morgan fingerprint density at radius 1 is 0.882 bits per heavy atom. The lowest BCUT2D eigenvalue weighted by Gasteiger charge is -2.34. The van der Waals surface area contributed by atoms with E-state index in [1.807, 2.05) is 76.6 Å². The van der Waals surface area contributed by atoms with E-state index >= 15 is 0 Å². The molecule has 1 amide bonds. The summed E-state index contributed by atoms with van der Waals surface area (Å²) < 4.78 is 1.84. The lowest BCUT2D eigenvalue weighted by atomic mass is 10.1. The fourth-order valence-corrected chi connectivity index (χ4v) is 4.09. The van der Waals surface area contributed by atoms with Crippen LogP contribution in [0.1, 0.15) is 11.1 Å². The Morgan fingerprint density at radius 2 is 1.65 bits per heavy atom. The molecule has 5 rings (SSSR count). The molecule has 1 fully saturated rings. The van der Waals surface area contributed by atoms with Gasteiger partial charge in [-0.2, -0.15) is 5.10 Å². The number of pyridine rings is 2. The summed E-state index contributed by atoms with van der Waals surface area (Å²) in [6.07, 6.45) is 12.7. The molecule has 0 unspecified atom stereocenters. The summed E-state index contributed by atoms with van der Waals surface area (Å²) in [6, 6.07) is 17.9. The van der Waals surface area contributed by atoms with Crippen LogP contribution in [-0.4, -0.2) is 61.6 Å². The summed E-state index contributed by atoms with van der Waals surface area (Å²) >= 11 is 0. The topological polar surface area (TPSA) is 67.2 Å². The van der Waals surface area contributed by atoms with Crippen molar-refractivity contribution in [2.45, 2.75) is 6.54 Å². The molecule has 170 valence electrons. The standard InChI is InChI=1S/C27H26N6O/c34-26(32-16-14-31(15-17-32)20-22-6-4-12-28-18-22)11-10-24-21-33(25-8-2-1-3-9-25)30-27(24)23-7-5-13-29-19-23/h1-13,18-19,21H,14-17,20H2/b11-10+.